The first-order valence-corrected chi connectivity index (χ1v) is 49.9. The average molecular weight is 1820 g/mol. The first-order valence-electron chi connectivity index (χ1n) is 49.9. The number of aryl methyl sites for hydroxylation is 2. The summed E-state index contributed by atoms with van der Waals surface area (Å²) in [6, 6.07) is 164. The molecule has 0 spiro atoms. The third-order valence-electron chi connectivity index (χ3n) is 29.5. The average Bonchev–Trinajstić information content (AvgIpc) is 0.827. The van der Waals surface area contributed by atoms with Crippen molar-refractivity contribution in [3.63, 3.8) is 0 Å². The van der Waals surface area contributed by atoms with Gasteiger partial charge in [-0.05, 0) is 309 Å². The summed E-state index contributed by atoms with van der Waals surface area (Å²) in [6.45, 7) is 31.9. The van der Waals surface area contributed by atoms with Crippen molar-refractivity contribution >= 4 is 130 Å². The Kier molecular flexibility index (Phi) is 22.1. The molecule has 0 saturated heterocycles. The molecule has 3 aromatic heterocycles. The molecule has 0 N–H and O–H groups in total. The van der Waals surface area contributed by atoms with Crippen LogP contribution in [0.4, 0.5) is 0 Å². The van der Waals surface area contributed by atoms with Crippen molar-refractivity contribution in [2.45, 2.75) is 119 Å². The Morgan fingerprint density at radius 1 is 0.135 bits per heavy atom. The Bertz CT molecular complexity index is 8950. The Morgan fingerprint density at radius 2 is 0.319 bits per heavy atom. The van der Waals surface area contributed by atoms with Crippen molar-refractivity contribution in [3.8, 4) is 95.0 Å². The van der Waals surface area contributed by atoms with Crippen molar-refractivity contribution < 1.29 is 0 Å². The molecule has 3 heteroatoms. The Morgan fingerprint density at radius 3 is 0.610 bits per heavy atom. The zero-order chi connectivity index (χ0) is 96.5. The highest BCUT2D eigenvalue weighted by Gasteiger charge is 2.28. The van der Waals surface area contributed by atoms with E-state index in [1.165, 1.54) is 258 Å². The summed E-state index contributed by atoms with van der Waals surface area (Å²) in [6.07, 6.45) is 0. The van der Waals surface area contributed by atoms with Gasteiger partial charge in [0.15, 0.2) is 0 Å². The van der Waals surface area contributed by atoms with Gasteiger partial charge in [-0.3, -0.25) is 0 Å². The lowest BCUT2D eigenvalue weighted by molar-refractivity contribution is 0.590. The van der Waals surface area contributed by atoms with E-state index in [4.69, 9.17) is 0 Å². The first kappa shape index (κ1) is 88.8. The van der Waals surface area contributed by atoms with Crippen molar-refractivity contribution in [3.05, 3.63) is 476 Å². The van der Waals surface area contributed by atoms with Crippen LogP contribution < -0.4 is 0 Å². The fraction of sp³-hybridized carbons (Fsp3) is 0.130. The molecule has 0 aliphatic carbocycles. The highest BCUT2D eigenvalue weighted by molar-refractivity contribution is 6.25. The van der Waals surface area contributed by atoms with Gasteiger partial charge in [0, 0.05) is 49.4 Å². The number of rotatable bonds is 10. The normalized spacial score (nSPS) is 12.2. The summed E-state index contributed by atoms with van der Waals surface area (Å²) in [5.41, 5.74) is 36.9. The number of aromatic nitrogens is 3. The lowest BCUT2D eigenvalue weighted by Crippen LogP contribution is -2.10. The second-order valence-corrected chi connectivity index (χ2v) is 42.8. The van der Waals surface area contributed by atoms with Crippen molar-refractivity contribution in [1.29, 1.82) is 0 Å². The van der Waals surface area contributed by atoms with Gasteiger partial charge >= 0.3 is 0 Å². The van der Waals surface area contributed by atoms with Gasteiger partial charge in [-0.15, -0.1) is 0 Å². The predicted octanol–water partition coefficient (Wildman–Crippen LogP) is 38.7. The van der Waals surface area contributed by atoms with Gasteiger partial charge in [0.1, 0.15) is 0 Å². The molecule has 3 nitrogen and oxygen atoms in total. The highest BCUT2D eigenvalue weighted by Crippen LogP contribution is 2.51. The van der Waals surface area contributed by atoms with Crippen molar-refractivity contribution in [2.24, 2.45) is 0 Å². The molecule has 25 aromatic rings. The summed E-state index contributed by atoms with van der Waals surface area (Å²) in [4.78, 5) is 0. The number of benzene rings is 22. The summed E-state index contributed by atoms with van der Waals surface area (Å²) in [5.74, 6) is 0. The van der Waals surface area contributed by atoms with Gasteiger partial charge in [-0.1, -0.05) is 428 Å². The Labute approximate surface area is 827 Å². The topological polar surface area (TPSA) is 14.8 Å². The highest BCUT2D eigenvalue weighted by atomic mass is 15.0. The van der Waals surface area contributed by atoms with Crippen molar-refractivity contribution in [1.82, 2.24) is 13.7 Å². The Balaban J connectivity index is 0.000000118. The molecule has 682 valence electrons. The van der Waals surface area contributed by atoms with Crippen LogP contribution in [0.25, 0.3) is 225 Å². The van der Waals surface area contributed by atoms with E-state index < -0.39 is 0 Å². The molecule has 0 fully saturated rings. The second-order valence-electron chi connectivity index (χ2n) is 42.8. The molecule has 0 atom stereocenters. The van der Waals surface area contributed by atoms with Crippen LogP contribution in [-0.4, -0.2) is 13.7 Å². The molecule has 0 aliphatic rings. The number of hydrogen-bond acceptors (Lipinski definition) is 0. The number of hydrogen-bond donors (Lipinski definition) is 0. The lowest BCUT2D eigenvalue weighted by atomic mass is 9.81. The maximum absolute atomic E-state index is 2.45. The van der Waals surface area contributed by atoms with Crippen molar-refractivity contribution in [2.75, 3.05) is 0 Å². The van der Waals surface area contributed by atoms with E-state index >= 15 is 0 Å². The largest absolute Gasteiger partial charge is 0.309 e. The molecule has 25 rings (SSSR count). The van der Waals surface area contributed by atoms with Crippen LogP contribution in [0.5, 0.6) is 0 Å². The zero-order valence-corrected chi connectivity index (χ0v) is 83.0. The maximum atomic E-state index is 2.45. The summed E-state index contributed by atoms with van der Waals surface area (Å²) in [7, 11) is 0. The molecule has 0 radical (unpaired) electrons. The SMILES string of the molecule is CC(C)(C)c1ccc2c(c1)c1cc(C(C)(C)C)ccc1n2-c1ccc(-c2c3ccccc3c(-c3ccccc3)c3ccccc23)cc1.CC(C)(C)c1ccc2c(c1)c1ccccc1n2-c1ccc(-c2c3ccccc3c(-c3ccc(-c4ccccc4)cc3)c3ccccc23)cc1.Cc1ccc2c(c1)c1cc(C)ccc1n2-c1ccc(-c2c3ccccc3c(-c3ccccc3)c3cc(C(C)(C)C)ccc23)cc1. The van der Waals surface area contributed by atoms with Gasteiger partial charge in [-0.25, -0.2) is 0 Å². The van der Waals surface area contributed by atoms with E-state index in [-0.39, 0.29) is 21.7 Å². The summed E-state index contributed by atoms with van der Waals surface area (Å²) in [5, 5.41) is 23.2. The first-order chi connectivity index (χ1) is 68.3. The zero-order valence-electron chi connectivity index (χ0n) is 83.0. The molecule has 3 heterocycles. The van der Waals surface area contributed by atoms with E-state index in [0.717, 1.165) is 0 Å². The minimum atomic E-state index is 0.0506. The fourth-order valence-electron chi connectivity index (χ4n) is 22.3. The van der Waals surface area contributed by atoms with Crippen LogP contribution in [0.3, 0.4) is 0 Å². The van der Waals surface area contributed by atoms with Crippen LogP contribution in [0.15, 0.2) is 443 Å². The van der Waals surface area contributed by atoms with E-state index in [1.54, 1.807) is 0 Å². The molecule has 0 saturated carbocycles. The van der Waals surface area contributed by atoms with E-state index in [1.807, 2.05) is 0 Å². The van der Waals surface area contributed by atoms with E-state index in [9.17, 15) is 0 Å². The summed E-state index contributed by atoms with van der Waals surface area (Å²) < 4.78 is 7.28. The fourth-order valence-corrected chi connectivity index (χ4v) is 22.3. The molecule has 141 heavy (non-hydrogen) atoms. The monoisotopic (exact) mass is 1810 g/mol. The third kappa shape index (κ3) is 15.9. The third-order valence-corrected chi connectivity index (χ3v) is 29.5. The molecule has 22 aromatic carbocycles. The lowest BCUT2D eigenvalue weighted by Gasteiger charge is -2.23. The Hall–Kier alpha value is -16.2. The number of fused-ring (bicyclic) bond motifs is 15. The number of nitrogens with zero attached hydrogens (tertiary/aromatic N) is 3. The molecule has 0 unspecified atom stereocenters. The minimum absolute atomic E-state index is 0.0506. The van der Waals surface area contributed by atoms with Crippen LogP contribution in [0, 0.1) is 13.8 Å². The number of para-hydroxylation sites is 1. The molecule has 0 amide bonds. The molecule has 0 bridgehead atoms. The van der Waals surface area contributed by atoms with E-state index in [0.29, 0.717) is 0 Å². The second kappa shape index (κ2) is 35.0. The quantitative estimate of drug-likeness (QED) is 0.121. The van der Waals surface area contributed by atoms with Crippen LogP contribution in [0.2, 0.25) is 0 Å². The van der Waals surface area contributed by atoms with E-state index in [2.05, 4.69) is 553 Å². The smallest absolute Gasteiger partial charge is 0.0541 e. The van der Waals surface area contributed by atoms with Crippen LogP contribution in [0.1, 0.15) is 116 Å². The van der Waals surface area contributed by atoms with Gasteiger partial charge in [0.2, 0.25) is 0 Å². The van der Waals surface area contributed by atoms with Gasteiger partial charge < -0.3 is 13.7 Å². The molecule has 0 aliphatic heterocycles. The predicted molar refractivity (Wildman–Crippen MR) is 610 cm³/mol. The minimum Gasteiger partial charge on any atom is -0.309 e. The van der Waals surface area contributed by atoms with Gasteiger partial charge in [0.25, 0.3) is 0 Å². The molecular formula is C138H115N3. The van der Waals surface area contributed by atoms with Crippen LogP contribution in [-0.2, 0) is 21.7 Å². The van der Waals surface area contributed by atoms with Gasteiger partial charge in [-0.2, -0.15) is 0 Å². The molecular weight excluding hydrogens is 1700 g/mol. The van der Waals surface area contributed by atoms with Gasteiger partial charge in [0.05, 0.1) is 33.1 Å². The maximum Gasteiger partial charge on any atom is 0.0541 e. The van der Waals surface area contributed by atoms with Crippen LogP contribution >= 0.6 is 0 Å². The standard InChI is InChI=1S/C48H37N.C46H41N.C44H37N/c1-48(2,3)36-27-30-45-43(31-36)38-15-11-12-20-44(38)49(45)37-28-25-35(26-29-37)47-41-18-9-7-16-39(41)46(40-17-8-10-19-42(40)47)34-23-21-33(22-24-34)32-13-5-4-6-14-32;1-45(2,3)32-22-26-41-39(28-32)40-29-33(46(4,5)6)23-27-42(40)47(41)34-24-20-31(21-25-34)44-37-18-12-10-16-35(37)43(30-14-8-7-9-15-30)36-17-11-13-19-38(36)44;1-28-15-23-40-37(25-28)38-26-29(2)16-24-41(38)45(40)33-20-17-31(18-21-33)42-34-13-9-10-14-35(34)43(30-11-7-6-8-12-30)39-27-32(44(3,4)5)19-22-36(39)42/h4-31H,1-3H3;7-29H,1-6H3;6-27H,1-5H3. The summed E-state index contributed by atoms with van der Waals surface area (Å²) >= 11 is 0.